The van der Waals surface area contributed by atoms with Crippen LogP contribution in [0.1, 0.15) is 32.1 Å². The number of piperidine rings is 1. The Balaban J connectivity index is 1.73. The first-order chi connectivity index (χ1) is 6.75. The molecule has 14 heavy (non-hydrogen) atoms. The quantitative estimate of drug-likeness (QED) is 0.633. The normalized spacial score (nSPS) is 28.4. The van der Waals surface area contributed by atoms with Crippen LogP contribution in [-0.4, -0.2) is 24.4 Å². The van der Waals surface area contributed by atoms with Crippen LogP contribution in [0.25, 0.3) is 0 Å². The highest BCUT2D eigenvalue weighted by Gasteiger charge is 2.27. The molecule has 4 nitrogen and oxygen atoms in total. The van der Waals surface area contributed by atoms with Gasteiger partial charge in [-0.2, -0.15) is 0 Å². The minimum absolute atomic E-state index is 0.142. The fourth-order valence-corrected chi connectivity index (χ4v) is 1.89. The van der Waals surface area contributed by atoms with Gasteiger partial charge in [0, 0.05) is 6.42 Å². The van der Waals surface area contributed by atoms with Crippen LogP contribution in [0.3, 0.4) is 0 Å². The molecule has 1 saturated heterocycles. The third kappa shape index (κ3) is 2.12. The summed E-state index contributed by atoms with van der Waals surface area (Å²) < 4.78 is 0. The standard InChI is InChI=1S/C10H16N2O2/c13-9-5-4-8(10(14)12-9)11-6-7-2-1-3-7/h7-8,11H,1-6H2,(H,12,13,14). The van der Waals surface area contributed by atoms with Crippen LogP contribution in [0, 0.1) is 5.92 Å². The second-order valence-electron chi connectivity index (χ2n) is 4.21. The lowest BCUT2D eigenvalue weighted by Crippen LogP contribution is -2.51. The van der Waals surface area contributed by atoms with E-state index in [2.05, 4.69) is 10.6 Å². The largest absolute Gasteiger partial charge is 0.306 e. The molecule has 0 aromatic rings. The van der Waals surface area contributed by atoms with E-state index in [4.69, 9.17) is 0 Å². The van der Waals surface area contributed by atoms with Crippen molar-refractivity contribution in [2.24, 2.45) is 5.92 Å². The molecule has 2 N–H and O–H groups in total. The van der Waals surface area contributed by atoms with Crippen LogP contribution < -0.4 is 10.6 Å². The summed E-state index contributed by atoms with van der Waals surface area (Å²) in [7, 11) is 0. The summed E-state index contributed by atoms with van der Waals surface area (Å²) in [5.74, 6) is 0.456. The number of nitrogens with one attached hydrogen (secondary N) is 2. The zero-order valence-electron chi connectivity index (χ0n) is 8.21. The lowest BCUT2D eigenvalue weighted by molar-refractivity contribution is -0.134. The molecule has 2 fully saturated rings. The van der Waals surface area contributed by atoms with Gasteiger partial charge in [-0.15, -0.1) is 0 Å². The molecule has 2 aliphatic rings. The maximum absolute atomic E-state index is 11.3. The first-order valence-electron chi connectivity index (χ1n) is 5.33. The van der Waals surface area contributed by atoms with Crippen LogP contribution in [0.15, 0.2) is 0 Å². The van der Waals surface area contributed by atoms with Crippen LogP contribution in [0.5, 0.6) is 0 Å². The zero-order chi connectivity index (χ0) is 9.97. The van der Waals surface area contributed by atoms with Gasteiger partial charge in [0.05, 0.1) is 6.04 Å². The first kappa shape index (κ1) is 9.65. The molecule has 0 aromatic carbocycles. The third-order valence-electron chi connectivity index (χ3n) is 3.12. The molecule has 0 bridgehead atoms. The van der Waals surface area contributed by atoms with Crippen molar-refractivity contribution < 1.29 is 9.59 Å². The number of hydrogen-bond acceptors (Lipinski definition) is 3. The second kappa shape index (κ2) is 4.09. The Hall–Kier alpha value is -0.900. The van der Waals surface area contributed by atoms with Crippen molar-refractivity contribution in [3.8, 4) is 0 Å². The van der Waals surface area contributed by atoms with Crippen molar-refractivity contribution in [2.75, 3.05) is 6.54 Å². The third-order valence-corrected chi connectivity index (χ3v) is 3.12. The lowest BCUT2D eigenvalue weighted by Gasteiger charge is -2.29. The molecule has 2 amide bonds. The summed E-state index contributed by atoms with van der Waals surface area (Å²) in [5.41, 5.74) is 0. The Morgan fingerprint density at radius 1 is 1.29 bits per heavy atom. The number of carbonyl (C=O) groups excluding carboxylic acids is 2. The van der Waals surface area contributed by atoms with E-state index in [-0.39, 0.29) is 17.9 Å². The summed E-state index contributed by atoms with van der Waals surface area (Å²) >= 11 is 0. The maximum atomic E-state index is 11.3. The molecule has 1 saturated carbocycles. The average Bonchev–Trinajstić information content (AvgIpc) is 2.05. The van der Waals surface area contributed by atoms with Gasteiger partial charge in [0.1, 0.15) is 0 Å². The van der Waals surface area contributed by atoms with E-state index in [0.717, 1.165) is 12.5 Å². The summed E-state index contributed by atoms with van der Waals surface area (Å²) in [5, 5.41) is 5.58. The number of imide groups is 1. The van der Waals surface area contributed by atoms with Crippen molar-refractivity contribution in [3.63, 3.8) is 0 Å². The van der Waals surface area contributed by atoms with Gasteiger partial charge in [-0.3, -0.25) is 14.9 Å². The van der Waals surface area contributed by atoms with Crippen molar-refractivity contribution >= 4 is 11.8 Å². The van der Waals surface area contributed by atoms with E-state index in [1.807, 2.05) is 0 Å². The molecule has 1 aliphatic heterocycles. The van der Waals surface area contributed by atoms with Crippen LogP contribution in [-0.2, 0) is 9.59 Å². The lowest BCUT2D eigenvalue weighted by atomic mass is 9.85. The summed E-state index contributed by atoms with van der Waals surface area (Å²) in [6, 6.07) is -0.145. The monoisotopic (exact) mass is 196 g/mol. The molecule has 1 unspecified atom stereocenters. The summed E-state index contributed by atoms with van der Waals surface area (Å²) in [6.07, 6.45) is 4.99. The minimum atomic E-state index is -0.152. The highest BCUT2D eigenvalue weighted by molar-refractivity contribution is 6.00. The van der Waals surface area contributed by atoms with Gasteiger partial charge in [0.25, 0.3) is 0 Å². The van der Waals surface area contributed by atoms with Gasteiger partial charge in [-0.05, 0) is 31.7 Å². The molecule has 0 spiro atoms. The molecule has 2 rings (SSSR count). The van der Waals surface area contributed by atoms with Crippen molar-refractivity contribution in [2.45, 2.75) is 38.1 Å². The van der Waals surface area contributed by atoms with Gasteiger partial charge < -0.3 is 5.32 Å². The molecule has 1 heterocycles. The Labute approximate surface area is 83.4 Å². The molecule has 0 radical (unpaired) electrons. The van der Waals surface area contributed by atoms with E-state index in [1.54, 1.807) is 0 Å². The van der Waals surface area contributed by atoms with E-state index < -0.39 is 0 Å². The highest BCUT2D eigenvalue weighted by atomic mass is 16.2. The number of rotatable bonds is 3. The molecule has 1 atom stereocenters. The second-order valence-corrected chi connectivity index (χ2v) is 4.21. The highest BCUT2D eigenvalue weighted by Crippen LogP contribution is 2.25. The van der Waals surface area contributed by atoms with E-state index >= 15 is 0 Å². The van der Waals surface area contributed by atoms with Crippen LogP contribution >= 0.6 is 0 Å². The first-order valence-corrected chi connectivity index (χ1v) is 5.33. The van der Waals surface area contributed by atoms with Crippen LogP contribution in [0.4, 0.5) is 0 Å². The van der Waals surface area contributed by atoms with Gasteiger partial charge in [-0.1, -0.05) is 6.42 Å². The molecule has 1 aliphatic carbocycles. The molecule has 0 aromatic heterocycles. The fourth-order valence-electron chi connectivity index (χ4n) is 1.89. The predicted molar refractivity (Wildman–Crippen MR) is 51.5 cm³/mol. The average molecular weight is 196 g/mol. The fraction of sp³-hybridized carbons (Fsp3) is 0.800. The van der Waals surface area contributed by atoms with E-state index in [9.17, 15) is 9.59 Å². The number of carbonyl (C=O) groups is 2. The maximum Gasteiger partial charge on any atom is 0.243 e. The van der Waals surface area contributed by atoms with Crippen molar-refractivity contribution in [3.05, 3.63) is 0 Å². The van der Waals surface area contributed by atoms with Gasteiger partial charge in [0.2, 0.25) is 11.8 Å². The van der Waals surface area contributed by atoms with Crippen LogP contribution in [0.2, 0.25) is 0 Å². The Morgan fingerprint density at radius 2 is 2.07 bits per heavy atom. The van der Waals surface area contributed by atoms with Gasteiger partial charge >= 0.3 is 0 Å². The molecular formula is C10H16N2O2. The Bertz CT molecular complexity index is 249. The van der Waals surface area contributed by atoms with Crippen molar-refractivity contribution in [1.82, 2.24) is 10.6 Å². The summed E-state index contributed by atoms with van der Waals surface area (Å²) in [4.78, 5) is 22.2. The number of hydrogen-bond donors (Lipinski definition) is 2. The Kier molecular flexibility index (Phi) is 2.82. The zero-order valence-corrected chi connectivity index (χ0v) is 8.21. The van der Waals surface area contributed by atoms with Gasteiger partial charge in [-0.25, -0.2) is 0 Å². The SMILES string of the molecule is O=C1CCC(NCC2CCC2)C(=O)N1. The molecular weight excluding hydrogens is 180 g/mol. The molecule has 4 heteroatoms. The smallest absolute Gasteiger partial charge is 0.243 e. The Morgan fingerprint density at radius 3 is 2.64 bits per heavy atom. The minimum Gasteiger partial charge on any atom is -0.306 e. The number of amides is 2. The summed E-state index contributed by atoms with van der Waals surface area (Å²) in [6.45, 7) is 0.923. The molecule has 78 valence electrons. The van der Waals surface area contributed by atoms with E-state index in [1.165, 1.54) is 19.3 Å². The van der Waals surface area contributed by atoms with Crippen molar-refractivity contribution in [1.29, 1.82) is 0 Å². The topological polar surface area (TPSA) is 58.2 Å². The van der Waals surface area contributed by atoms with E-state index in [0.29, 0.717) is 12.8 Å². The van der Waals surface area contributed by atoms with Gasteiger partial charge in [0.15, 0.2) is 0 Å². The predicted octanol–water partition coefficient (Wildman–Crippen LogP) is 0.181.